The van der Waals surface area contributed by atoms with E-state index in [0.29, 0.717) is 45.8 Å². The normalized spacial score (nSPS) is 14.5. The predicted molar refractivity (Wildman–Crippen MR) is 117 cm³/mol. The fourth-order valence-electron chi connectivity index (χ4n) is 3.12. The molecule has 0 bridgehead atoms. The second-order valence-electron chi connectivity index (χ2n) is 7.27. The number of halogens is 2. The summed E-state index contributed by atoms with van der Waals surface area (Å²) in [5.74, 6) is 1.88. The average Bonchev–Trinajstić information content (AvgIpc) is 3.21. The monoisotopic (exact) mass is 461 g/mol. The van der Waals surface area contributed by atoms with Crippen LogP contribution >= 0.6 is 23.2 Å². The first kappa shape index (κ1) is 21.3. The highest BCUT2D eigenvalue weighted by atomic mass is 35.5. The van der Waals surface area contributed by atoms with Crippen molar-refractivity contribution in [3.63, 3.8) is 0 Å². The lowest BCUT2D eigenvalue weighted by Crippen LogP contribution is -2.32. The minimum absolute atomic E-state index is 0.310. The van der Waals surface area contributed by atoms with Gasteiger partial charge in [-0.2, -0.15) is 9.78 Å². The van der Waals surface area contributed by atoms with E-state index in [1.165, 1.54) is 17.4 Å². The molecule has 1 aliphatic rings. The Hall–Kier alpha value is -2.91. The molecule has 1 aromatic carbocycles. The van der Waals surface area contributed by atoms with Gasteiger partial charge >= 0.3 is 6.03 Å². The molecule has 1 fully saturated rings. The van der Waals surface area contributed by atoms with Crippen LogP contribution < -0.4 is 15.4 Å². The number of anilines is 1. The van der Waals surface area contributed by atoms with Crippen LogP contribution in [0, 0.1) is 5.92 Å². The third-order valence-corrected chi connectivity index (χ3v) is 5.63. The molecule has 0 saturated heterocycles. The Labute approximate surface area is 189 Å². The van der Waals surface area contributed by atoms with Gasteiger partial charge in [-0.25, -0.2) is 19.7 Å². The first-order valence-corrected chi connectivity index (χ1v) is 10.6. The number of hydrogen-bond donors (Lipinski definition) is 2. The highest BCUT2D eigenvalue weighted by molar-refractivity contribution is 6.37. The Balaban J connectivity index is 1.42. The largest absolute Gasteiger partial charge is 0.492 e. The zero-order chi connectivity index (χ0) is 21.8. The third kappa shape index (κ3) is 5.05. The van der Waals surface area contributed by atoms with Gasteiger partial charge in [0.15, 0.2) is 5.82 Å². The molecule has 1 atom stereocenters. The average molecular weight is 462 g/mol. The second-order valence-corrected chi connectivity index (χ2v) is 8.08. The maximum atomic E-state index is 12.6. The van der Waals surface area contributed by atoms with E-state index in [-0.39, 0.29) is 0 Å². The topological polar surface area (TPSA) is 107 Å². The molecule has 0 aliphatic heterocycles. The molecule has 2 amide bonds. The molecule has 31 heavy (non-hydrogen) atoms. The molecule has 9 nitrogen and oxygen atoms in total. The number of rotatable bonds is 7. The molecule has 3 aromatic rings. The molecular formula is C20H21Cl2N7O2. The minimum atomic E-state index is -0.480. The fourth-order valence-corrected chi connectivity index (χ4v) is 3.61. The summed E-state index contributed by atoms with van der Waals surface area (Å²) in [6.07, 6.45) is 8.14. The highest BCUT2D eigenvalue weighted by Gasteiger charge is 2.21. The van der Waals surface area contributed by atoms with Gasteiger partial charge in [0.1, 0.15) is 12.1 Å². The van der Waals surface area contributed by atoms with Gasteiger partial charge < -0.3 is 15.4 Å². The van der Waals surface area contributed by atoms with Gasteiger partial charge in [-0.3, -0.25) is 0 Å². The minimum Gasteiger partial charge on any atom is -0.492 e. The Morgan fingerprint density at radius 3 is 2.71 bits per heavy atom. The summed E-state index contributed by atoms with van der Waals surface area (Å²) in [7, 11) is 0. The zero-order valence-electron chi connectivity index (χ0n) is 16.8. The molecule has 4 rings (SSSR count). The highest BCUT2D eigenvalue weighted by Crippen LogP contribution is 2.36. The van der Waals surface area contributed by atoms with Crippen molar-refractivity contribution in [3.05, 3.63) is 52.8 Å². The van der Waals surface area contributed by atoms with Crippen molar-refractivity contribution in [2.45, 2.75) is 32.2 Å². The van der Waals surface area contributed by atoms with E-state index < -0.39 is 12.1 Å². The molecule has 0 spiro atoms. The molecule has 1 unspecified atom stereocenters. The van der Waals surface area contributed by atoms with E-state index in [9.17, 15) is 4.79 Å². The van der Waals surface area contributed by atoms with Gasteiger partial charge in [0.2, 0.25) is 0 Å². The zero-order valence-corrected chi connectivity index (χ0v) is 18.3. The van der Waals surface area contributed by atoms with E-state index in [1.807, 2.05) is 0 Å². The summed E-state index contributed by atoms with van der Waals surface area (Å²) in [5.41, 5.74) is 0.396. The lowest BCUT2D eigenvalue weighted by atomic mass is 9.86. The Morgan fingerprint density at radius 1 is 1.23 bits per heavy atom. The fraction of sp³-hybridized carbons (Fsp3) is 0.350. The molecule has 2 heterocycles. The molecule has 1 aliphatic carbocycles. The number of hydrogen-bond acceptors (Lipinski definition) is 6. The van der Waals surface area contributed by atoms with Crippen LogP contribution in [0.2, 0.25) is 10.0 Å². The maximum absolute atomic E-state index is 12.6. The van der Waals surface area contributed by atoms with E-state index >= 15 is 0 Å². The lowest BCUT2D eigenvalue weighted by molar-refractivity contribution is 0.181. The van der Waals surface area contributed by atoms with Crippen LogP contribution in [0.15, 0.2) is 36.9 Å². The number of ether oxygens (including phenoxy) is 1. The van der Waals surface area contributed by atoms with E-state index in [4.69, 9.17) is 27.9 Å². The number of aromatic nitrogens is 5. The molecule has 2 aromatic heterocycles. The third-order valence-electron chi connectivity index (χ3n) is 5.02. The van der Waals surface area contributed by atoms with Crippen molar-refractivity contribution in [3.8, 4) is 11.7 Å². The van der Waals surface area contributed by atoms with Crippen LogP contribution in [-0.4, -0.2) is 37.4 Å². The van der Waals surface area contributed by atoms with Gasteiger partial charge in [-0.15, -0.1) is 0 Å². The summed E-state index contributed by atoms with van der Waals surface area (Å²) in [6.45, 7) is 2.38. The second kappa shape index (κ2) is 9.49. The quantitative estimate of drug-likeness (QED) is 0.538. The number of amides is 2. The molecule has 11 heteroatoms. The van der Waals surface area contributed by atoms with Crippen LogP contribution in [0.5, 0.6) is 5.75 Å². The Kier molecular flexibility index (Phi) is 6.53. The molecule has 0 radical (unpaired) electrons. The van der Waals surface area contributed by atoms with Crippen LogP contribution in [0.3, 0.4) is 0 Å². The van der Waals surface area contributed by atoms with Gasteiger partial charge in [-0.1, -0.05) is 29.6 Å². The molecule has 2 N–H and O–H groups in total. The van der Waals surface area contributed by atoms with Crippen molar-refractivity contribution >= 4 is 34.9 Å². The van der Waals surface area contributed by atoms with Crippen LogP contribution in [0.4, 0.5) is 10.5 Å². The van der Waals surface area contributed by atoms with Gasteiger partial charge in [0.05, 0.1) is 28.4 Å². The number of nitrogens with one attached hydrogen (secondary N) is 2. The van der Waals surface area contributed by atoms with Gasteiger partial charge in [-0.05, 0) is 37.8 Å². The number of carbonyl (C=O) groups is 1. The number of benzene rings is 1. The Bertz CT molecular complexity index is 1060. The first-order valence-electron chi connectivity index (χ1n) is 9.88. The van der Waals surface area contributed by atoms with Crippen molar-refractivity contribution in [2.24, 2.45) is 5.92 Å². The van der Waals surface area contributed by atoms with Crippen molar-refractivity contribution < 1.29 is 9.53 Å². The molecular weight excluding hydrogens is 441 g/mol. The summed E-state index contributed by atoms with van der Waals surface area (Å²) in [4.78, 5) is 25.1. The van der Waals surface area contributed by atoms with Crippen molar-refractivity contribution in [1.29, 1.82) is 0 Å². The Morgan fingerprint density at radius 2 is 2.00 bits per heavy atom. The van der Waals surface area contributed by atoms with Crippen LogP contribution in [0.25, 0.3) is 5.95 Å². The number of urea groups is 1. The van der Waals surface area contributed by atoms with Crippen LogP contribution in [0.1, 0.15) is 38.1 Å². The van der Waals surface area contributed by atoms with Crippen molar-refractivity contribution in [1.82, 2.24) is 30.0 Å². The van der Waals surface area contributed by atoms with Gasteiger partial charge in [0, 0.05) is 18.5 Å². The smallest absolute Gasteiger partial charge is 0.319 e. The lowest BCUT2D eigenvalue weighted by Gasteiger charge is -2.25. The number of carbonyl (C=O) groups excluding carboxylic acids is 1. The summed E-state index contributed by atoms with van der Waals surface area (Å²) in [6, 6.07) is 3.95. The maximum Gasteiger partial charge on any atom is 0.319 e. The summed E-state index contributed by atoms with van der Waals surface area (Å²) >= 11 is 12.5. The van der Waals surface area contributed by atoms with E-state index in [1.54, 1.807) is 37.5 Å². The first-order chi connectivity index (χ1) is 15.0. The SMILES string of the molecule is CC(NC(=O)Nc1cc(OCC2CCC2)c(Cl)cc1Cl)c1ncnn1-c1ncccn1. The number of nitrogens with zero attached hydrogens (tertiary/aromatic N) is 5. The van der Waals surface area contributed by atoms with Crippen molar-refractivity contribution in [2.75, 3.05) is 11.9 Å². The molecule has 162 valence electrons. The van der Waals surface area contributed by atoms with Crippen LogP contribution in [-0.2, 0) is 0 Å². The van der Waals surface area contributed by atoms with Gasteiger partial charge in [0.25, 0.3) is 5.95 Å². The van der Waals surface area contributed by atoms with E-state index in [0.717, 1.165) is 12.8 Å². The summed E-state index contributed by atoms with van der Waals surface area (Å²) < 4.78 is 7.29. The van der Waals surface area contributed by atoms with E-state index in [2.05, 4.69) is 30.7 Å². The molecule has 1 saturated carbocycles. The predicted octanol–water partition coefficient (Wildman–Crippen LogP) is 4.43. The summed E-state index contributed by atoms with van der Waals surface area (Å²) in [5, 5.41) is 10.4. The standard InChI is InChI=1S/C20H21Cl2N7O2/c1-12(18-25-11-26-29(18)19-23-6-3-7-24-19)27-20(30)28-16-9-17(15(22)8-14(16)21)31-10-13-4-2-5-13/h3,6-9,11-13H,2,4-5,10H2,1H3,(H2,27,28,30).